The zero-order valence-electron chi connectivity index (χ0n) is 23.4. The minimum absolute atomic E-state index is 0.00103. The highest BCUT2D eigenvalue weighted by molar-refractivity contribution is 7.91. The van der Waals surface area contributed by atoms with Gasteiger partial charge in [-0.25, -0.2) is 8.42 Å². The molecule has 210 valence electrons. The first-order valence-corrected chi connectivity index (χ1v) is 15.1. The molecule has 0 saturated carbocycles. The van der Waals surface area contributed by atoms with Gasteiger partial charge in [0.25, 0.3) is 11.8 Å². The molecule has 0 aromatic heterocycles. The summed E-state index contributed by atoms with van der Waals surface area (Å²) in [6, 6.07) is 26.7. The Bertz CT molecular complexity index is 1720. The van der Waals surface area contributed by atoms with E-state index >= 15 is 0 Å². The Morgan fingerprint density at radius 2 is 1.61 bits per heavy atom. The van der Waals surface area contributed by atoms with Crippen LogP contribution in [0.2, 0.25) is 0 Å². The van der Waals surface area contributed by atoms with Gasteiger partial charge in [0.15, 0.2) is 0 Å². The van der Waals surface area contributed by atoms with Crippen LogP contribution in [0.1, 0.15) is 44.3 Å². The zero-order chi connectivity index (χ0) is 29.1. The summed E-state index contributed by atoms with van der Waals surface area (Å²) >= 11 is 0. The lowest BCUT2D eigenvalue weighted by Gasteiger charge is -2.25. The molecule has 0 aliphatic carbocycles. The Morgan fingerprint density at radius 1 is 0.878 bits per heavy atom. The molecule has 41 heavy (non-hydrogen) atoms. The van der Waals surface area contributed by atoms with E-state index in [-0.39, 0.29) is 39.1 Å². The Balaban J connectivity index is 1.49. The summed E-state index contributed by atoms with van der Waals surface area (Å²) in [6.07, 6.45) is 0. The lowest BCUT2D eigenvalue weighted by atomic mass is 10.0. The molecule has 0 bridgehead atoms. The fraction of sp³-hybridized carbons (Fsp3) is 0.212. The Morgan fingerprint density at radius 3 is 2.37 bits per heavy atom. The summed E-state index contributed by atoms with van der Waals surface area (Å²) in [5.74, 6) is -0.766. The average Bonchev–Trinajstić information content (AvgIpc) is 3.05. The van der Waals surface area contributed by atoms with Crippen molar-refractivity contribution in [3.05, 3.63) is 119 Å². The third-order valence-electron chi connectivity index (χ3n) is 7.46. The second-order valence-electron chi connectivity index (χ2n) is 10.2. The van der Waals surface area contributed by atoms with Crippen LogP contribution in [0.15, 0.2) is 101 Å². The molecule has 4 aromatic carbocycles. The number of para-hydroxylation sites is 1. The molecular formula is C33H33N3O4S. The summed E-state index contributed by atoms with van der Waals surface area (Å²) in [7, 11) is -4.02. The number of fused-ring (bicyclic) bond motifs is 2. The van der Waals surface area contributed by atoms with E-state index in [1.165, 1.54) is 35.2 Å². The Kier molecular flexibility index (Phi) is 7.94. The minimum atomic E-state index is -4.02. The standard InChI is InChI=1S/C33H33N3O4S/c1-4-35(27-10-6-5-7-11-27)19-18-34-32(37)25-16-17-31-29(21-25)36(22-26-20-23(2)14-15-24(26)3)33(38)28-12-8-9-13-30(28)41(31,39)40/h5-17,20-21H,4,18-19,22H2,1-3H3,(H,34,37). The number of nitrogens with zero attached hydrogens (tertiary/aromatic N) is 2. The summed E-state index contributed by atoms with van der Waals surface area (Å²) in [5.41, 5.74) is 4.58. The van der Waals surface area contributed by atoms with Gasteiger partial charge in [0.1, 0.15) is 0 Å². The number of nitrogens with one attached hydrogen (secondary N) is 1. The van der Waals surface area contributed by atoms with Crippen molar-refractivity contribution in [3.8, 4) is 0 Å². The summed E-state index contributed by atoms with van der Waals surface area (Å²) in [5, 5.41) is 2.95. The highest BCUT2D eigenvalue weighted by Crippen LogP contribution is 2.38. The predicted molar refractivity (Wildman–Crippen MR) is 161 cm³/mol. The number of aryl methyl sites for hydroxylation is 2. The number of likely N-dealkylation sites (N-methyl/N-ethyl adjacent to an activating group) is 1. The predicted octanol–water partition coefficient (Wildman–Crippen LogP) is 5.55. The molecule has 2 amide bonds. The van der Waals surface area contributed by atoms with Gasteiger partial charge in [0.05, 0.1) is 27.6 Å². The maximum atomic E-state index is 13.9. The third-order valence-corrected chi connectivity index (χ3v) is 9.32. The summed E-state index contributed by atoms with van der Waals surface area (Å²) < 4.78 is 27.6. The van der Waals surface area contributed by atoms with Gasteiger partial charge in [-0.15, -0.1) is 0 Å². The van der Waals surface area contributed by atoms with Crippen LogP contribution in [0.3, 0.4) is 0 Å². The molecular weight excluding hydrogens is 534 g/mol. The maximum Gasteiger partial charge on any atom is 0.259 e. The highest BCUT2D eigenvalue weighted by Gasteiger charge is 2.36. The highest BCUT2D eigenvalue weighted by atomic mass is 32.2. The van der Waals surface area contributed by atoms with E-state index in [9.17, 15) is 18.0 Å². The van der Waals surface area contributed by atoms with E-state index in [2.05, 4.69) is 17.1 Å². The van der Waals surface area contributed by atoms with Crippen LogP contribution in [0.5, 0.6) is 0 Å². The number of benzene rings is 4. The first kappa shape index (κ1) is 28.1. The number of carbonyl (C=O) groups is 2. The first-order valence-electron chi connectivity index (χ1n) is 13.6. The van der Waals surface area contributed by atoms with Crippen molar-refractivity contribution in [2.45, 2.75) is 37.1 Å². The average molecular weight is 568 g/mol. The molecule has 0 radical (unpaired) electrons. The van der Waals surface area contributed by atoms with Crippen LogP contribution in [-0.4, -0.2) is 39.9 Å². The summed E-state index contributed by atoms with van der Waals surface area (Å²) in [4.78, 5) is 30.8. The molecule has 1 N–H and O–H groups in total. The molecule has 4 aromatic rings. The van der Waals surface area contributed by atoms with Gasteiger partial charge < -0.3 is 15.1 Å². The van der Waals surface area contributed by atoms with Crippen LogP contribution in [0.25, 0.3) is 0 Å². The van der Waals surface area contributed by atoms with E-state index in [1.807, 2.05) is 62.4 Å². The normalized spacial score (nSPS) is 13.6. The van der Waals surface area contributed by atoms with Crippen molar-refractivity contribution >= 4 is 33.0 Å². The fourth-order valence-electron chi connectivity index (χ4n) is 5.16. The number of sulfone groups is 1. The molecule has 0 spiro atoms. The number of hydrogen-bond acceptors (Lipinski definition) is 5. The second kappa shape index (κ2) is 11.6. The van der Waals surface area contributed by atoms with Crippen LogP contribution in [-0.2, 0) is 16.4 Å². The number of hydrogen-bond donors (Lipinski definition) is 1. The molecule has 8 heteroatoms. The van der Waals surface area contributed by atoms with E-state index in [1.54, 1.807) is 12.1 Å². The van der Waals surface area contributed by atoms with E-state index in [4.69, 9.17) is 0 Å². The van der Waals surface area contributed by atoms with Gasteiger partial charge in [-0.1, -0.05) is 54.1 Å². The van der Waals surface area contributed by atoms with Gasteiger partial charge in [0, 0.05) is 30.9 Å². The van der Waals surface area contributed by atoms with Crippen molar-refractivity contribution in [2.75, 3.05) is 29.4 Å². The van der Waals surface area contributed by atoms with E-state index in [0.717, 1.165) is 28.9 Å². The monoisotopic (exact) mass is 567 g/mol. The van der Waals surface area contributed by atoms with Crippen LogP contribution in [0, 0.1) is 13.8 Å². The van der Waals surface area contributed by atoms with Crippen LogP contribution < -0.4 is 15.1 Å². The molecule has 7 nitrogen and oxygen atoms in total. The van der Waals surface area contributed by atoms with Crippen molar-refractivity contribution in [1.82, 2.24) is 5.32 Å². The quantitative estimate of drug-likeness (QED) is 0.302. The number of anilines is 2. The lowest BCUT2D eigenvalue weighted by molar-refractivity contribution is 0.0950. The first-order chi connectivity index (χ1) is 19.7. The third kappa shape index (κ3) is 5.60. The number of carbonyl (C=O) groups excluding carboxylic acids is 2. The van der Waals surface area contributed by atoms with E-state index in [0.29, 0.717) is 13.1 Å². The SMILES string of the molecule is CCN(CCNC(=O)c1ccc2c(c1)N(Cc1cc(C)ccc1C)C(=O)c1ccccc1S2(=O)=O)c1ccccc1. The Labute approximate surface area is 241 Å². The van der Waals surface area contributed by atoms with Gasteiger partial charge in [-0.2, -0.15) is 0 Å². The van der Waals surface area contributed by atoms with Crippen LogP contribution in [0.4, 0.5) is 11.4 Å². The van der Waals surface area contributed by atoms with Gasteiger partial charge in [-0.3, -0.25) is 9.59 Å². The molecule has 1 heterocycles. The van der Waals surface area contributed by atoms with Crippen molar-refractivity contribution in [2.24, 2.45) is 0 Å². The van der Waals surface area contributed by atoms with E-state index < -0.39 is 15.7 Å². The smallest absolute Gasteiger partial charge is 0.259 e. The van der Waals surface area contributed by atoms with Gasteiger partial charge in [-0.05, 0) is 74.4 Å². The second-order valence-corrected chi connectivity index (χ2v) is 12.1. The molecule has 0 unspecified atom stereocenters. The van der Waals surface area contributed by atoms with Crippen LogP contribution >= 0.6 is 0 Å². The topological polar surface area (TPSA) is 86.8 Å². The minimum Gasteiger partial charge on any atom is -0.370 e. The lowest BCUT2D eigenvalue weighted by Crippen LogP contribution is -2.35. The fourth-order valence-corrected chi connectivity index (χ4v) is 6.79. The van der Waals surface area contributed by atoms with Crippen molar-refractivity contribution in [3.63, 3.8) is 0 Å². The molecule has 5 rings (SSSR count). The van der Waals surface area contributed by atoms with Crippen molar-refractivity contribution in [1.29, 1.82) is 0 Å². The summed E-state index contributed by atoms with van der Waals surface area (Å²) in [6.45, 7) is 7.94. The molecule has 0 fully saturated rings. The number of amides is 2. The van der Waals surface area contributed by atoms with Crippen molar-refractivity contribution < 1.29 is 18.0 Å². The molecule has 0 saturated heterocycles. The largest absolute Gasteiger partial charge is 0.370 e. The molecule has 1 aliphatic rings. The molecule has 0 atom stereocenters. The maximum absolute atomic E-state index is 13.9. The Hall–Kier alpha value is -4.43. The number of rotatable bonds is 8. The zero-order valence-corrected chi connectivity index (χ0v) is 24.2. The van der Waals surface area contributed by atoms with Gasteiger partial charge >= 0.3 is 0 Å². The van der Waals surface area contributed by atoms with Gasteiger partial charge in [0.2, 0.25) is 9.84 Å². The molecule has 1 aliphatic heterocycles.